The van der Waals surface area contributed by atoms with E-state index in [0.29, 0.717) is 26.0 Å². The summed E-state index contributed by atoms with van der Waals surface area (Å²) in [7, 11) is 0. The van der Waals surface area contributed by atoms with Gasteiger partial charge in [0.05, 0.1) is 18.2 Å². The van der Waals surface area contributed by atoms with E-state index in [-0.39, 0.29) is 29.3 Å². The van der Waals surface area contributed by atoms with Crippen molar-refractivity contribution in [1.82, 2.24) is 15.2 Å². The lowest BCUT2D eigenvalue weighted by Gasteiger charge is -2.18. The first kappa shape index (κ1) is 25.9. The van der Waals surface area contributed by atoms with Gasteiger partial charge >= 0.3 is 5.97 Å². The van der Waals surface area contributed by atoms with E-state index < -0.39 is 29.4 Å². The number of carbonyl (C=O) groups excluding carboxylic acids is 2. The number of rotatable bonds is 8. The molecule has 0 bridgehead atoms. The van der Waals surface area contributed by atoms with Crippen molar-refractivity contribution >= 4 is 51.8 Å². The Balaban J connectivity index is 1.65. The van der Waals surface area contributed by atoms with Crippen molar-refractivity contribution < 1.29 is 19.5 Å². The van der Waals surface area contributed by atoms with Crippen LogP contribution in [-0.4, -0.2) is 32.8 Å². The van der Waals surface area contributed by atoms with Crippen molar-refractivity contribution in [3.05, 3.63) is 110 Å². The van der Waals surface area contributed by atoms with Gasteiger partial charge < -0.3 is 10.4 Å². The van der Waals surface area contributed by atoms with E-state index in [1.165, 1.54) is 12.1 Å². The van der Waals surface area contributed by atoms with Gasteiger partial charge in [-0.25, -0.2) is 10.2 Å². The molecule has 3 aromatic carbocycles. The third kappa shape index (κ3) is 6.32. The number of aliphatic carboxylic acids is 1. The lowest BCUT2D eigenvalue weighted by Crippen LogP contribution is -2.40. The van der Waals surface area contributed by atoms with Gasteiger partial charge in [-0.05, 0) is 41.5 Å². The number of amides is 2. The van der Waals surface area contributed by atoms with Gasteiger partial charge in [-0.15, -0.1) is 4.79 Å². The average Bonchev–Trinajstić information content (AvgIpc) is 2.87. The third-order valence-electron chi connectivity index (χ3n) is 5.45. The second-order valence-electron chi connectivity index (χ2n) is 8.13. The molecular weight excluding hydrogens is 519 g/mol. The van der Waals surface area contributed by atoms with Crippen molar-refractivity contribution in [1.29, 1.82) is 0 Å². The van der Waals surface area contributed by atoms with E-state index in [1.54, 1.807) is 60.7 Å². The summed E-state index contributed by atoms with van der Waals surface area (Å²) in [4.78, 5) is 51.2. The van der Waals surface area contributed by atoms with Gasteiger partial charge in [-0.1, -0.05) is 65.7 Å². The number of nitrogens with zero attached hydrogens (tertiary/aromatic N) is 2. The van der Waals surface area contributed by atoms with Crippen LogP contribution in [0.5, 0.6) is 0 Å². The predicted octanol–water partition coefficient (Wildman–Crippen LogP) is 3.50. The minimum Gasteiger partial charge on any atom is -0.479 e. The molecule has 0 aliphatic rings. The fourth-order valence-corrected chi connectivity index (χ4v) is 3.95. The molecule has 11 heteroatoms. The number of nitrogens with one attached hydrogen (secondary N) is 2. The second kappa shape index (κ2) is 11.2. The molecule has 4 aromatic rings. The summed E-state index contributed by atoms with van der Waals surface area (Å²) in [6, 6.07) is 17.8. The fourth-order valence-electron chi connectivity index (χ4n) is 3.70. The standard InChI is InChI=1S/C26H20Cl2N4O5/c27-17-9-5-15(6-10-17)13-21(33)29-24(26(36)37)23-19-3-1-2-4-20(19)25(35)32(31-23)30-22(34)14-16-7-11-18(28)12-8-16/h1-12,24H,13-14H2,(H,29,33)(H,30,34)(H,36,37). The topological polar surface area (TPSA) is 130 Å². The van der Waals surface area contributed by atoms with Crippen molar-refractivity contribution in [2.45, 2.75) is 18.9 Å². The summed E-state index contributed by atoms with van der Waals surface area (Å²) in [6.07, 6.45) is -0.177. The number of hydrogen-bond acceptors (Lipinski definition) is 5. The van der Waals surface area contributed by atoms with E-state index >= 15 is 0 Å². The number of aromatic nitrogens is 2. The van der Waals surface area contributed by atoms with Crippen LogP contribution in [0.2, 0.25) is 10.0 Å². The molecule has 188 valence electrons. The predicted molar refractivity (Wildman–Crippen MR) is 139 cm³/mol. The molecule has 3 N–H and O–H groups in total. The largest absolute Gasteiger partial charge is 0.479 e. The highest BCUT2D eigenvalue weighted by molar-refractivity contribution is 6.30. The van der Waals surface area contributed by atoms with Gasteiger partial charge in [-0.2, -0.15) is 5.10 Å². The Kier molecular flexibility index (Phi) is 7.86. The van der Waals surface area contributed by atoms with Gasteiger partial charge in [0.2, 0.25) is 11.8 Å². The summed E-state index contributed by atoms with van der Waals surface area (Å²) < 4.78 is 0. The van der Waals surface area contributed by atoms with Crippen LogP contribution >= 0.6 is 23.2 Å². The maximum absolute atomic E-state index is 13.0. The Bertz CT molecular complexity index is 1540. The highest BCUT2D eigenvalue weighted by atomic mass is 35.5. The molecule has 1 atom stereocenters. The zero-order chi connectivity index (χ0) is 26.5. The van der Waals surface area contributed by atoms with E-state index in [0.717, 1.165) is 0 Å². The molecule has 1 aromatic heterocycles. The Labute approximate surface area is 220 Å². The van der Waals surface area contributed by atoms with E-state index in [4.69, 9.17) is 23.2 Å². The van der Waals surface area contributed by atoms with Gasteiger partial charge in [0.25, 0.3) is 5.56 Å². The second-order valence-corrected chi connectivity index (χ2v) is 9.00. The van der Waals surface area contributed by atoms with Crippen molar-refractivity contribution in [2.24, 2.45) is 0 Å². The van der Waals surface area contributed by atoms with E-state index in [9.17, 15) is 24.3 Å². The zero-order valence-electron chi connectivity index (χ0n) is 19.2. The Morgan fingerprint density at radius 3 is 1.86 bits per heavy atom. The van der Waals surface area contributed by atoms with Crippen LogP contribution in [0.15, 0.2) is 77.6 Å². The van der Waals surface area contributed by atoms with E-state index in [1.807, 2.05) is 0 Å². The molecule has 0 aliphatic carbocycles. The molecule has 0 fully saturated rings. The van der Waals surface area contributed by atoms with Gasteiger partial charge in [-0.3, -0.25) is 14.4 Å². The number of carbonyl (C=O) groups is 3. The molecule has 0 saturated heterocycles. The van der Waals surface area contributed by atoms with Crippen LogP contribution in [-0.2, 0) is 27.2 Å². The lowest BCUT2D eigenvalue weighted by atomic mass is 10.1. The molecule has 4 rings (SSSR count). The smallest absolute Gasteiger partial charge is 0.332 e. The SMILES string of the molecule is O=C(Cc1ccc(Cl)cc1)NC(C(=O)O)c1nn(NC(=O)Cc2ccc(Cl)cc2)c(=O)c2ccccc12. The summed E-state index contributed by atoms with van der Waals surface area (Å²) in [5.41, 5.74) is 2.91. The molecule has 1 unspecified atom stereocenters. The monoisotopic (exact) mass is 538 g/mol. The minimum atomic E-state index is -1.59. The molecule has 0 aliphatic heterocycles. The normalized spacial score (nSPS) is 11.6. The lowest BCUT2D eigenvalue weighted by molar-refractivity contribution is -0.142. The number of fused-ring (bicyclic) bond motifs is 1. The van der Waals surface area contributed by atoms with Gasteiger partial charge in [0.1, 0.15) is 5.69 Å². The quantitative estimate of drug-likeness (QED) is 0.314. The fraction of sp³-hybridized carbons (Fsp3) is 0.115. The number of carboxylic acid groups (broad SMARTS) is 1. The van der Waals surface area contributed by atoms with Gasteiger partial charge in [0.15, 0.2) is 6.04 Å². The van der Waals surface area contributed by atoms with Crippen LogP contribution in [0.4, 0.5) is 0 Å². The molecule has 1 heterocycles. The van der Waals surface area contributed by atoms with E-state index in [2.05, 4.69) is 15.8 Å². The average molecular weight is 539 g/mol. The molecule has 37 heavy (non-hydrogen) atoms. The summed E-state index contributed by atoms with van der Waals surface area (Å²) in [5.74, 6) is -2.53. The third-order valence-corrected chi connectivity index (χ3v) is 5.95. The van der Waals surface area contributed by atoms with Crippen LogP contribution in [0.1, 0.15) is 22.9 Å². The highest BCUT2D eigenvalue weighted by Gasteiger charge is 2.28. The summed E-state index contributed by atoms with van der Waals surface area (Å²) >= 11 is 11.8. The maximum atomic E-state index is 13.0. The summed E-state index contributed by atoms with van der Waals surface area (Å²) in [6.45, 7) is 0. The zero-order valence-corrected chi connectivity index (χ0v) is 20.7. The van der Waals surface area contributed by atoms with Crippen LogP contribution < -0.4 is 16.3 Å². The number of halogens is 2. The molecule has 0 spiro atoms. The Morgan fingerprint density at radius 2 is 1.32 bits per heavy atom. The molecule has 2 amide bonds. The first-order valence-electron chi connectivity index (χ1n) is 11.0. The highest BCUT2D eigenvalue weighted by Crippen LogP contribution is 2.21. The molecular formula is C26H20Cl2N4O5. The number of benzene rings is 3. The maximum Gasteiger partial charge on any atom is 0.332 e. The van der Waals surface area contributed by atoms with Crippen molar-refractivity contribution in [2.75, 3.05) is 5.43 Å². The first-order chi connectivity index (χ1) is 17.7. The summed E-state index contributed by atoms with van der Waals surface area (Å²) in [5, 5.41) is 17.9. The van der Waals surface area contributed by atoms with Crippen molar-refractivity contribution in [3.63, 3.8) is 0 Å². The van der Waals surface area contributed by atoms with Crippen molar-refractivity contribution in [3.8, 4) is 0 Å². The van der Waals surface area contributed by atoms with Crippen LogP contribution in [0.25, 0.3) is 10.8 Å². The minimum absolute atomic E-state index is 0.0758. The van der Waals surface area contributed by atoms with Crippen LogP contribution in [0.3, 0.4) is 0 Å². The number of hydrogen-bond donors (Lipinski definition) is 3. The Hall–Kier alpha value is -4.21. The molecule has 0 radical (unpaired) electrons. The Morgan fingerprint density at radius 1 is 0.811 bits per heavy atom. The first-order valence-corrected chi connectivity index (χ1v) is 11.8. The molecule has 0 saturated carbocycles. The van der Waals surface area contributed by atoms with Crippen LogP contribution in [0, 0.1) is 0 Å². The number of carboxylic acids is 1. The molecule has 9 nitrogen and oxygen atoms in total. The van der Waals surface area contributed by atoms with Gasteiger partial charge in [0, 0.05) is 15.4 Å².